The van der Waals surface area contributed by atoms with E-state index < -0.39 is 29.4 Å². The fourth-order valence-electron chi connectivity index (χ4n) is 4.23. The van der Waals surface area contributed by atoms with E-state index in [1.807, 2.05) is 12.1 Å². The molecule has 0 atom stereocenters. The minimum Gasteiger partial charge on any atom is -0.469 e. The molecule has 2 amide bonds. The molecule has 35 heavy (non-hydrogen) atoms. The smallest absolute Gasteiger partial charge is 0.452 e. The van der Waals surface area contributed by atoms with Gasteiger partial charge in [0.25, 0.3) is 5.91 Å². The Bertz CT molecular complexity index is 1040. The second-order valence-electron chi connectivity index (χ2n) is 8.58. The lowest BCUT2D eigenvalue weighted by molar-refractivity contribution is -0.153. The number of hydrogen-bond donors (Lipinski definition) is 2. The summed E-state index contributed by atoms with van der Waals surface area (Å²) in [6.45, 7) is 1.04. The van der Waals surface area contributed by atoms with Gasteiger partial charge in [-0.15, -0.1) is 0 Å². The van der Waals surface area contributed by atoms with Gasteiger partial charge in [-0.2, -0.15) is 13.2 Å². The zero-order valence-electron chi connectivity index (χ0n) is 19.5. The van der Waals surface area contributed by atoms with Gasteiger partial charge in [0.1, 0.15) is 0 Å². The van der Waals surface area contributed by atoms with Gasteiger partial charge in [0.15, 0.2) is 11.6 Å². The van der Waals surface area contributed by atoms with Crippen molar-refractivity contribution in [3.05, 3.63) is 47.2 Å². The molecule has 1 aliphatic carbocycles. The van der Waals surface area contributed by atoms with Crippen LogP contribution in [0.3, 0.4) is 0 Å². The van der Waals surface area contributed by atoms with Gasteiger partial charge in [-0.05, 0) is 55.2 Å². The molecule has 1 fully saturated rings. The first-order valence-electron chi connectivity index (χ1n) is 11.4. The molecule has 0 spiro atoms. The van der Waals surface area contributed by atoms with Crippen molar-refractivity contribution >= 4 is 23.5 Å². The lowest BCUT2D eigenvalue weighted by Gasteiger charge is -2.28. The van der Waals surface area contributed by atoms with Crippen LogP contribution in [0.5, 0.6) is 0 Å². The first kappa shape index (κ1) is 26.2. The Morgan fingerprint density at radius 2 is 1.77 bits per heavy atom. The second-order valence-corrected chi connectivity index (χ2v) is 8.58. The highest BCUT2D eigenvalue weighted by Gasteiger charge is 2.41. The van der Waals surface area contributed by atoms with Crippen LogP contribution in [0, 0.1) is 12.8 Å². The number of aryl methyl sites for hydroxylation is 1. The van der Waals surface area contributed by atoms with Crippen molar-refractivity contribution in [3.8, 4) is 0 Å². The van der Waals surface area contributed by atoms with Gasteiger partial charge >= 0.3 is 12.1 Å². The minimum absolute atomic E-state index is 0.129. The highest BCUT2D eigenvalue weighted by Crippen LogP contribution is 2.37. The van der Waals surface area contributed by atoms with Crippen molar-refractivity contribution in [1.29, 1.82) is 0 Å². The Morgan fingerprint density at radius 3 is 2.37 bits per heavy atom. The predicted molar refractivity (Wildman–Crippen MR) is 120 cm³/mol. The van der Waals surface area contributed by atoms with Crippen LogP contribution in [0.15, 0.2) is 28.7 Å². The molecular weight excluding hydrogens is 467 g/mol. The van der Waals surface area contributed by atoms with Gasteiger partial charge in [0.2, 0.25) is 11.7 Å². The van der Waals surface area contributed by atoms with Crippen LogP contribution >= 0.6 is 0 Å². The van der Waals surface area contributed by atoms with Gasteiger partial charge in [0, 0.05) is 32.0 Å². The van der Waals surface area contributed by atoms with E-state index in [2.05, 4.69) is 20.0 Å². The van der Waals surface area contributed by atoms with Gasteiger partial charge in [0.05, 0.1) is 7.11 Å². The van der Waals surface area contributed by atoms with Gasteiger partial charge < -0.3 is 19.8 Å². The van der Waals surface area contributed by atoms with E-state index in [0.717, 1.165) is 31.2 Å². The number of anilines is 1. The summed E-state index contributed by atoms with van der Waals surface area (Å²) >= 11 is 0. The number of alkyl halides is 3. The maximum atomic E-state index is 12.9. The standard InChI is InChI=1S/C24H28F3N3O5/c1-14-29-21(22(35-14)24(25,26)27)23(33)28-12-11-19(31)30-18-9-7-17(8-10-18)16-5-3-15(4-6-16)13-20(32)34-2/h7-10,15-16H,3-6,11-13H2,1-2H3,(H,28,33)(H,30,31). The largest absolute Gasteiger partial charge is 0.469 e. The van der Waals surface area contributed by atoms with Crippen LogP contribution in [-0.4, -0.2) is 36.4 Å². The normalized spacial score (nSPS) is 18.1. The van der Waals surface area contributed by atoms with Crippen molar-refractivity contribution in [3.63, 3.8) is 0 Å². The minimum atomic E-state index is -4.85. The molecule has 0 radical (unpaired) electrons. The number of nitrogens with zero attached hydrogens (tertiary/aromatic N) is 1. The molecular formula is C24H28F3N3O5. The van der Waals surface area contributed by atoms with E-state index in [9.17, 15) is 27.6 Å². The average Bonchev–Trinajstić information content (AvgIpc) is 3.22. The molecule has 1 aromatic heterocycles. The van der Waals surface area contributed by atoms with Gasteiger partial charge in [-0.3, -0.25) is 14.4 Å². The Kier molecular flexibility index (Phi) is 8.52. The van der Waals surface area contributed by atoms with Crippen molar-refractivity contribution in [1.82, 2.24) is 10.3 Å². The number of hydrogen-bond acceptors (Lipinski definition) is 6. The van der Waals surface area contributed by atoms with Crippen LogP contribution in [0.1, 0.15) is 72.1 Å². The molecule has 1 saturated carbocycles. The second kappa shape index (κ2) is 11.4. The van der Waals surface area contributed by atoms with Crippen LogP contribution < -0.4 is 10.6 Å². The Morgan fingerprint density at radius 1 is 1.11 bits per heavy atom. The van der Waals surface area contributed by atoms with Gasteiger partial charge in [-0.25, -0.2) is 4.98 Å². The number of amides is 2. The zero-order valence-corrected chi connectivity index (χ0v) is 19.5. The monoisotopic (exact) mass is 495 g/mol. The molecule has 8 nitrogen and oxygen atoms in total. The number of ether oxygens (including phenoxy) is 1. The number of aromatic nitrogens is 1. The zero-order chi connectivity index (χ0) is 25.6. The van der Waals surface area contributed by atoms with E-state index in [1.165, 1.54) is 14.0 Å². The highest BCUT2D eigenvalue weighted by atomic mass is 19.4. The summed E-state index contributed by atoms with van der Waals surface area (Å²) in [5, 5.41) is 4.97. The molecule has 1 aromatic carbocycles. The van der Waals surface area contributed by atoms with Crippen LogP contribution in [0.2, 0.25) is 0 Å². The number of benzene rings is 1. The number of nitrogens with one attached hydrogen (secondary N) is 2. The summed E-state index contributed by atoms with van der Waals surface area (Å²) in [5.74, 6) is -2.63. The topological polar surface area (TPSA) is 111 Å². The quantitative estimate of drug-likeness (QED) is 0.518. The van der Waals surface area contributed by atoms with E-state index in [1.54, 1.807) is 12.1 Å². The predicted octanol–water partition coefficient (Wildman–Crippen LogP) is 4.60. The van der Waals surface area contributed by atoms with E-state index in [0.29, 0.717) is 23.9 Å². The van der Waals surface area contributed by atoms with Crippen molar-refractivity contribution in [2.75, 3.05) is 19.0 Å². The molecule has 0 bridgehead atoms. The third-order valence-corrected chi connectivity index (χ3v) is 6.04. The highest BCUT2D eigenvalue weighted by molar-refractivity contribution is 5.94. The third kappa shape index (κ3) is 7.30. The molecule has 0 saturated heterocycles. The Balaban J connectivity index is 1.43. The van der Waals surface area contributed by atoms with Crippen molar-refractivity contribution < 1.29 is 36.7 Å². The maximum Gasteiger partial charge on any atom is 0.452 e. The molecule has 2 N–H and O–H groups in total. The van der Waals surface area contributed by atoms with Crippen LogP contribution in [-0.2, 0) is 20.5 Å². The number of esters is 1. The number of methoxy groups -OCH3 is 1. The summed E-state index contributed by atoms with van der Waals surface area (Å²) < 4.78 is 48.1. The maximum absolute atomic E-state index is 12.9. The Labute approximate surface area is 200 Å². The lowest BCUT2D eigenvalue weighted by atomic mass is 9.77. The fraction of sp³-hybridized carbons (Fsp3) is 0.500. The van der Waals surface area contributed by atoms with Crippen molar-refractivity contribution in [2.24, 2.45) is 5.92 Å². The molecule has 1 heterocycles. The summed E-state index contributed by atoms with van der Waals surface area (Å²) in [4.78, 5) is 39.2. The molecule has 0 unspecified atom stereocenters. The molecule has 3 rings (SSSR count). The van der Waals surface area contributed by atoms with Crippen LogP contribution in [0.25, 0.3) is 0 Å². The molecule has 11 heteroatoms. The molecule has 1 aliphatic rings. The summed E-state index contributed by atoms with van der Waals surface area (Å²) in [7, 11) is 1.40. The van der Waals surface area contributed by atoms with E-state index in [-0.39, 0.29) is 24.8 Å². The summed E-state index contributed by atoms with van der Waals surface area (Å²) in [6, 6.07) is 7.49. The van der Waals surface area contributed by atoms with E-state index >= 15 is 0 Å². The number of rotatable bonds is 8. The summed E-state index contributed by atoms with van der Waals surface area (Å²) in [5.41, 5.74) is 0.886. The van der Waals surface area contributed by atoms with Crippen LogP contribution in [0.4, 0.5) is 18.9 Å². The Hall–Kier alpha value is -3.37. The number of carbonyl (C=O) groups is 3. The first-order chi connectivity index (χ1) is 16.6. The number of carbonyl (C=O) groups excluding carboxylic acids is 3. The number of halogens is 3. The lowest BCUT2D eigenvalue weighted by Crippen LogP contribution is -2.29. The third-order valence-electron chi connectivity index (χ3n) is 6.04. The van der Waals surface area contributed by atoms with Crippen molar-refractivity contribution in [2.45, 2.75) is 57.5 Å². The van der Waals surface area contributed by atoms with E-state index in [4.69, 9.17) is 4.74 Å². The SMILES string of the molecule is COC(=O)CC1CCC(c2ccc(NC(=O)CCNC(=O)c3nc(C)oc3C(F)(F)F)cc2)CC1. The summed E-state index contributed by atoms with van der Waals surface area (Å²) in [6.07, 6.45) is -0.640. The molecule has 190 valence electrons. The first-order valence-corrected chi connectivity index (χ1v) is 11.4. The molecule has 0 aliphatic heterocycles. The fourth-order valence-corrected chi connectivity index (χ4v) is 4.23. The van der Waals surface area contributed by atoms with Gasteiger partial charge in [-0.1, -0.05) is 12.1 Å². The average molecular weight is 495 g/mol. The number of oxazole rings is 1. The molecule has 2 aromatic rings.